The number of hydrogen-bond donors (Lipinski definition) is 2. The predicted octanol–water partition coefficient (Wildman–Crippen LogP) is 4.56. The minimum atomic E-state index is -0.0462. The molecule has 7 heteroatoms. The zero-order valence-electron chi connectivity index (χ0n) is 19.4. The van der Waals surface area contributed by atoms with Gasteiger partial charge in [-0.25, -0.2) is 9.97 Å². The van der Waals surface area contributed by atoms with E-state index in [1.807, 2.05) is 26.3 Å². The van der Waals surface area contributed by atoms with E-state index in [1.54, 1.807) is 18.2 Å². The Morgan fingerprint density at radius 2 is 1.97 bits per heavy atom. The zero-order chi connectivity index (χ0) is 23.9. The van der Waals surface area contributed by atoms with Gasteiger partial charge in [0.05, 0.1) is 6.42 Å². The van der Waals surface area contributed by atoms with Crippen LogP contribution in [-0.2, 0) is 16.0 Å². The van der Waals surface area contributed by atoms with E-state index in [2.05, 4.69) is 51.6 Å². The lowest BCUT2D eigenvalue weighted by molar-refractivity contribution is -0.119. The second kappa shape index (κ2) is 14.4. The lowest BCUT2D eigenvalue weighted by atomic mass is 9.69. The Bertz CT molecular complexity index is 1060. The molecule has 0 saturated heterocycles. The van der Waals surface area contributed by atoms with Crippen molar-refractivity contribution in [3.8, 4) is 0 Å². The Labute approximate surface area is 196 Å². The molecule has 2 rings (SSSR count). The van der Waals surface area contributed by atoms with Crippen LogP contribution in [0.3, 0.4) is 0 Å². The molecule has 33 heavy (non-hydrogen) atoms. The first-order valence-electron chi connectivity index (χ1n) is 11.1. The molecule has 169 valence electrons. The van der Waals surface area contributed by atoms with Crippen molar-refractivity contribution in [2.24, 2.45) is 0 Å². The summed E-state index contributed by atoms with van der Waals surface area (Å²) < 4.78 is 0. The summed E-state index contributed by atoms with van der Waals surface area (Å²) >= 11 is 0. The summed E-state index contributed by atoms with van der Waals surface area (Å²) in [6, 6.07) is 1.74. The smallest absolute Gasteiger partial charge is 0.228 e. The summed E-state index contributed by atoms with van der Waals surface area (Å²) in [5.41, 5.74) is 10.8. The number of nitrogens with zero attached hydrogens (tertiary/aromatic N) is 2. The summed E-state index contributed by atoms with van der Waals surface area (Å²) in [6.45, 7) is 8.15. The first-order chi connectivity index (χ1) is 16.0. The molecule has 0 fully saturated rings. The van der Waals surface area contributed by atoms with Gasteiger partial charge in [0.1, 0.15) is 19.4 Å². The molecular weight excluding hydrogens is 411 g/mol. The number of anilines is 1. The molecule has 1 heterocycles. The number of aromatic nitrogens is 2. The molecule has 1 aliphatic rings. The molecule has 1 aromatic rings. The van der Waals surface area contributed by atoms with Crippen molar-refractivity contribution in [3.05, 3.63) is 88.8 Å². The number of rotatable bonds is 13. The van der Waals surface area contributed by atoms with Gasteiger partial charge in [-0.05, 0) is 55.6 Å². The minimum absolute atomic E-state index is 0.0462. The van der Waals surface area contributed by atoms with Gasteiger partial charge in [-0.15, -0.1) is 11.5 Å². The number of carbonyl (C=O) groups excluding carboxylic acids is 2. The van der Waals surface area contributed by atoms with Crippen LogP contribution in [0.5, 0.6) is 0 Å². The van der Waals surface area contributed by atoms with Crippen molar-refractivity contribution in [1.29, 1.82) is 0 Å². The van der Waals surface area contributed by atoms with Crippen molar-refractivity contribution in [1.82, 2.24) is 15.3 Å². The minimum Gasteiger partial charge on any atom is -0.330 e. The normalized spacial score (nSPS) is 15.0. The average Bonchev–Trinajstić information content (AvgIpc) is 2.76. The quantitative estimate of drug-likeness (QED) is 0.204. The molecule has 2 N–H and O–H groups in total. The Kier molecular flexibility index (Phi) is 11.2. The van der Waals surface area contributed by atoms with Gasteiger partial charge in [-0.3, -0.25) is 9.59 Å². The van der Waals surface area contributed by atoms with Gasteiger partial charge in [0.2, 0.25) is 12.3 Å². The van der Waals surface area contributed by atoms with E-state index in [-0.39, 0.29) is 12.3 Å². The Morgan fingerprint density at radius 1 is 1.18 bits per heavy atom. The number of carbonyl (C=O) groups is 2. The number of allylic oxidation sites excluding steroid dienone is 6. The van der Waals surface area contributed by atoms with Crippen LogP contribution in [0, 0.1) is 0 Å². The van der Waals surface area contributed by atoms with Gasteiger partial charge in [0.25, 0.3) is 0 Å². The Hall–Kier alpha value is -3.66. The van der Waals surface area contributed by atoms with Crippen LogP contribution in [0.25, 0.3) is 0 Å². The molecule has 0 saturated carbocycles. The van der Waals surface area contributed by atoms with Crippen LogP contribution in [0.15, 0.2) is 83.1 Å². The highest BCUT2D eigenvalue weighted by atomic mass is 16.1. The third kappa shape index (κ3) is 9.57. The fourth-order valence-corrected chi connectivity index (χ4v) is 3.35. The predicted molar refractivity (Wildman–Crippen MR) is 133 cm³/mol. The number of nitrogens with one attached hydrogen (secondary N) is 2. The van der Waals surface area contributed by atoms with Crippen molar-refractivity contribution in [2.75, 3.05) is 5.32 Å². The van der Waals surface area contributed by atoms with Crippen molar-refractivity contribution in [2.45, 2.75) is 52.3 Å². The van der Waals surface area contributed by atoms with Gasteiger partial charge in [0.15, 0.2) is 0 Å². The van der Waals surface area contributed by atoms with E-state index in [1.165, 1.54) is 6.33 Å². The number of amides is 2. The largest absolute Gasteiger partial charge is 0.330 e. The van der Waals surface area contributed by atoms with E-state index >= 15 is 0 Å². The van der Waals surface area contributed by atoms with E-state index < -0.39 is 0 Å². The van der Waals surface area contributed by atoms with Gasteiger partial charge >= 0.3 is 0 Å². The maximum atomic E-state index is 12.7. The Balaban J connectivity index is 1.88. The first-order valence-corrected chi connectivity index (χ1v) is 11.1. The van der Waals surface area contributed by atoms with Crippen LogP contribution >= 0.6 is 0 Å². The summed E-state index contributed by atoms with van der Waals surface area (Å²) in [5.74, 6) is 0.425. The summed E-state index contributed by atoms with van der Waals surface area (Å²) in [7, 11) is 1.97. The third-order valence-electron chi connectivity index (χ3n) is 4.89. The molecule has 0 aromatic carbocycles. The van der Waals surface area contributed by atoms with Crippen molar-refractivity contribution < 1.29 is 9.59 Å². The zero-order valence-corrected chi connectivity index (χ0v) is 19.4. The van der Waals surface area contributed by atoms with Gasteiger partial charge < -0.3 is 10.6 Å². The summed E-state index contributed by atoms with van der Waals surface area (Å²) in [6.07, 6.45) is 15.5. The topological polar surface area (TPSA) is 84.0 Å². The van der Waals surface area contributed by atoms with Crippen LogP contribution in [0.1, 0.15) is 44.7 Å². The van der Waals surface area contributed by atoms with E-state index in [0.29, 0.717) is 18.6 Å². The van der Waals surface area contributed by atoms with E-state index in [0.717, 1.165) is 53.7 Å². The highest BCUT2D eigenvalue weighted by molar-refractivity contribution is 6.45. The molecule has 2 amide bonds. The van der Waals surface area contributed by atoms with Crippen LogP contribution in [0.4, 0.5) is 5.82 Å². The molecule has 1 radical (unpaired) electrons. The fourth-order valence-electron chi connectivity index (χ4n) is 3.35. The number of hydrogen-bond acceptors (Lipinski definition) is 4. The molecule has 0 bridgehead atoms. The van der Waals surface area contributed by atoms with Gasteiger partial charge in [0, 0.05) is 23.9 Å². The van der Waals surface area contributed by atoms with Gasteiger partial charge in [-0.2, -0.15) is 0 Å². The van der Waals surface area contributed by atoms with E-state index in [4.69, 9.17) is 0 Å². The molecule has 6 nitrogen and oxygen atoms in total. The molecule has 1 aliphatic carbocycles. The molecule has 0 unspecified atom stereocenters. The lowest BCUT2D eigenvalue weighted by Crippen LogP contribution is -2.23. The van der Waals surface area contributed by atoms with Crippen molar-refractivity contribution in [3.63, 3.8) is 0 Å². The lowest BCUT2D eigenvalue weighted by Gasteiger charge is -2.13. The van der Waals surface area contributed by atoms with Crippen LogP contribution in [-0.4, -0.2) is 29.6 Å². The maximum absolute atomic E-state index is 12.7. The second-order valence-corrected chi connectivity index (χ2v) is 7.52. The Morgan fingerprint density at radius 3 is 2.70 bits per heavy atom. The molecule has 1 aromatic heterocycles. The highest BCUT2D eigenvalue weighted by Gasteiger charge is 2.10. The monoisotopic (exact) mass is 441 g/mol. The molecule has 0 atom stereocenters. The maximum Gasteiger partial charge on any atom is 0.228 e. The SMILES string of the molecule is C=C(CCC/C(=C\CC)NC(=O)C/C1=C(\[B]C)C=C=CC=C=C1)Cc1cc(NC=O)ncn1. The molecular formula is C26H30BN4O2. The third-order valence-corrected chi connectivity index (χ3v) is 4.89. The van der Waals surface area contributed by atoms with E-state index in [9.17, 15) is 9.59 Å². The van der Waals surface area contributed by atoms with Crippen molar-refractivity contribution >= 4 is 25.4 Å². The molecule has 0 spiro atoms. The average molecular weight is 441 g/mol. The first kappa shape index (κ1) is 25.6. The second-order valence-electron chi connectivity index (χ2n) is 7.52. The standard InChI is InChI=1S/C26H30BN4O2/c1-4-10-22(31-26(33)16-21-12-7-5-6-8-14-24(21)27-3)13-9-11-20(2)15-23-17-25(30-19-32)29-18-28-23/h5-6,10,12,14,17-19H,2,4,9,11,13,15-16H2,1,3H3,(H,31,33)(H,28,29,30,32)/b22-10+,24-21-. The fraction of sp³-hybridized carbons (Fsp3) is 0.308. The summed E-state index contributed by atoms with van der Waals surface area (Å²) in [5, 5.41) is 5.60. The van der Waals surface area contributed by atoms with Crippen LogP contribution in [0.2, 0.25) is 6.82 Å². The van der Waals surface area contributed by atoms with Crippen LogP contribution < -0.4 is 10.6 Å². The molecule has 0 aliphatic heterocycles. The summed E-state index contributed by atoms with van der Waals surface area (Å²) in [4.78, 5) is 31.5. The highest BCUT2D eigenvalue weighted by Crippen LogP contribution is 2.17. The van der Waals surface area contributed by atoms with Gasteiger partial charge in [-0.1, -0.05) is 37.4 Å².